The van der Waals surface area contributed by atoms with Crippen molar-refractivity contribution in [3.8, 4) is 0 Å². The van der Waals surface area contributed by atoms with E-state index < -0.39 is 41.8 Å². The number of hydrogen-bond donors (Lipinski definition) is 0. The molecule has 0 aromatic rings. The molecule has 0 aliphatic rings. The van der Waals surface area contributed by atoms with E-state index in [9.17, 15) is 69.3 Å². The van der Waals surface area contributed by atoms with Gasteiger partial charge in [-0.3, -0.25) is 0 Å². The molecule has 1 radical (unpaired) electrons. The minimum absolute atomic E-state index is 0. The van der Waals surface area contributed by atoms with Crippen LogP contribution in [0.15, 0.2) is 0 Å². The van der Waals surface area contributed by atoms with Crippen molar-refractivity contribution in [1.29, 1.82) is 0 Å². The van der Waals surface area contributed by atoms with Crippen molar-refractivity contribution in [1.82, 2.24) is 0 Å². The van der Waals surface area contributed by atoms with Crippen LogP contribution < -0.4 is 35.7 Å². The molecule has 589 valence electrons. The van der Waals surface area contributed by atoms with Gasteiger partial charge in [0.1, 0.15) is 0 Å². The number of rotatable bonds is 70. The molecule has 0 aliphatic carbocycles. The van der Waals surface area contributed by atoms with E-state index in [2.05, 4.69) is 48.5 Å². The Balaban J connectivity index is -0.000000138. The number of carbonyl (C=O) groups is 7. The zero-order valence-corrected chi connectivity index (χ0v) is 72.3. The van der Waals surface area contributed by atoms with Gasteiger partial charge in [0.2, 0.25) is 0 Å². The zero-order valence-electron chi connectivity index (χ0n) is 66.7. The van der Waals surface area contributed by atoms with Crippen molar-refractivity contribution < 1.29 is 137 Å². The topological polar surface area (TPSA) is 281 Å². The summed E-state index contributed by atoms with van der Waals surface area (Å²) < 4.78 is 0. The average Bonchev–Trinajstić information content (AvgIpc) is 3.74. The summed E-state index contributed by atoms with van der Waals surface area (Å²) in [6.07, 6.45) is 78.1. The van der Waals surface area contributed by atoms with Crippen LogP contribution in [0.2, 0.25) is 0 Å². The molecule has 0 aromatic carbocycles. The van der Waals surface area contributed by atoms with Crippen LogP contribution in [-0.4, -0.2) is 41.8 Å². The first-order chi connectivity index (χ1) is 47.4. The van der Waals surface area contributed by atoms with E-state index in [1.54, 1.807) is 0 Å². The van der Waals surface area contributed by atoms with Crippen LogP contribution in [0.25, 0.3) is 0 Å². The van der Waals surface area contributed by atoms with Gasteiger partial charge in [-0.2, -0.15) is 0 Å². The fraction of sp³-hybridized carbons (Fsp3) is 0.917. The van der Waals surface area contributed by atoms with Gasteiger partial charge < -0.3 is 69.3 Å². The average molecular weight is 1630 g/mol. The maximum absolute atomic E-state index is 10.1. The van der Waals surface area contributed by atoms with Gasteiger partial charge in [-0.15, -0.1) is 0 Å². The molecule has 0 aromatic heterocycles. The van der Waals surface area contributed by atoms with Crippen LogP contribution in [0.1, 0.15) is 498 Å². The maximum Gasteiger partial charge on any atom is 4.00 e. The zero-order chi connectivity index (χ0) is 74.5. The third-order valence-corrected chi connectivity index (χ3v) is 17.4. The van der Waals surface area contributed by atoms with Crippen LogP contribution in [0.4, 0.5) is 0 Å². The standard InChI is InChI=1S/7C12H24O2.Ce.Zr/c7*1-2-3-4-5-6-7-8-9-10-11-12(13)14;;/h7*2-11H2,1H3,(H,13,14);;/q;;;;;;;+3;+4/p-7. The summed E-state index contributed by atoms with van der Waals surface area (Å²) >= 11 is 0. The monoisotopic (exact) mass is 1620 g/mol. The summed E-state index contributed by atoms with van der Waals surface area (Å²) in [5.74, 6) is -6.37. The summed E-state index contributed by atoms with van der Waals surface area (Å²) in [6.45, 7) is 15.6. The molecular weight excluding hydrogens is 1460 g/mol. The van der Waals surface area contributed by atoms with Gasteiger partial charge in [0.15, 0.2) is 0 Å². The smallest absolute Gasteiger partial charge is 0.550 e. The molecule has 0 fully saturated rings. The summed E-state index contributed by atoms with van der Waals surface area (Å²) in [5, 5.41) is 70.7. The summed E-state index contributed by atoms with van der Waals surface area (Å²) in [6, 6.07) is 0. The van der Waals surface area contributed by atoms with Crippen molar-refractivity contribution in [3.63, 3.8) is 0 Å². The molecule has 0 N–H and O–H groups in total. The van der Waals surface area contributed by atoms with Gasteiger partial charge in [-0.1, -0.05) is 408 Å². The Morgan fingerprint density at radius 1 is 0.140 bits per heavy atom. The minimum atomic E-state index is -0.909. The van der Waals surface area contributed by atoms with Gasteiger partial charge >= 0.3 is 68.0 Å². The second kappa shape index (κ2) is 113. The van der Waals surface area contributed by atoms with Gasteiger partial charge in [0.05, 0.1) is 0 Å². The van der Waals surface area contributed by atoms with E-state index in [4.69, 9.17) is 0 Å². The van der Waals surface area contributed by atoms with Gasteiger partial charge in [-0.05, 0) is 89.9 Å². The largest absolute Gasteiger partial charge is 4.00 e. The third-order valence-electron chi connectivity index (χ3n) is 17.4. The normalized spacial score (nSPS) is 10.2. The molecule has 0 amide bonds. The van der Waals surface area contributed by atoms with E-state index in [1.807, 2.05) is 0 Å². The quantitative estimate of drug-likeness (QED) is 0.0512. The molecule has 0 aliphatic heterocycles. The van der Waals surface area contributed by atoms with Gasteiger partial charge in [-0.25, -0.2) is 0 Å². The van der Waals surface area contributed by atoms with Gasteiger partial charge in [0.25, 0.3) is 0 Å². The van der Waals surface area contributed by atoms with E-state index in [1.165, 1.54) is 315 Å². The molecule has 0 bridgehead atoms. The molecule has 14 nitrogen and oxygen atoms in total. The number of aliphatic carboxylic acids is 7. The Morgan fingerprint density at radius 2 is 0.200 bits per heavy atom. The second-order valence-corrected chi connectivity index (χ2v) is 27.7. The number of unbranched alkanes of at least 4 members (excludes halogenated alkanes) is 56. The Morgan fingerprint density at radius 3 is 0.260 bits per heavy atom. The molecule has 0 atom stereocenters. The fourth-order valence-electron chi connectivity index (χ4n) is 11.1. The summed E-state index contributed by atoms with van der Waals surface area (Å²) in [4.78, 5) is 70.7. The van der Waals surface area contributed by atoms with Gasteiger partial charge in [0, 0.05) is 41.8 Å². The molecule has 0 saturated carbocycles. The van der Waals surface area contributed by atoms with Crippen LogP contribution >= 0.6 is 0 Å². The third kappa shape index (κ3) is 154. The molecule has 16 heteroatoms. The van der Waals surface area contributed by atoms with Crippen LogP contribution in [-0.2, 0) is 59.8 Å². The van der Waals surface area contributed by atoms with E-state index >= 15 is 0 Å². The van der Waals surface area contributed by atoms with Crippen molar-refractivity contribution >= 4 is 41.8 Å². The minimum Gasteiger partial charge on any atom is -0.550 e. The summed E-state index contributed by atoms with van der Waals surface area (Å²) in [5.41, 5.74) is 0. The van der Waals surface area contributed by atoms with E-state index in [-0.39, 0.29) is 113 Å². The first-order valence-electron chi connectivity index (χ1n) is 41.8. The molecule has 0 heterocycles. The van der Waals surface area contributed by atoms with Crippen molar-refractivity contribution in [3.05, 3.63) is 0 Å². The molecule has 0 unspecified atom stereocenters. The van der Waals surface area contributed by atoms with Crippen LogP contribution in [0.3, 0.4) is 0 Å². The molecule has 100 heavy (non-hydrogen) atoms. The first kappa shape index (κ1) is 117. The van der Waals surface area contributed by atoms with Crippen LogP contribution in [0.5, 0.6) is 0 Å². The number of carboxylic acids is 7. The first-order valence-corrected chi connectivity index (χ1v) is 41.8. The molecule has 0 rings (SSSR count). The Hall–Kier alpha value is -1.45. The van der Waals surface area contributed by atoms with Crippen molar-refractivity contribution in [2.75, 3.05) is 0 Å². The molecule has 0 saturated heterocycles. The van der Waals surface area contributed by atoms with Crippen molar-refractivity contribution in [2.24, 2.45) is 0 Å². The predicted molar refractivity (Wildman–Crippen MR) is 398 cm³/mol. The Labute approximate surface area is 671 Å². The Bertz CT molecular complexity index is 1260. The maximum atomic E-state index is 10.1. The number of hydrogen-bond acceptors (Lipinski definition) is 14. The molecular formula is C84H161CeO14Zr. The Kier molecular flexibility index (Phi) is 133. The van der Waals surface area contributed by atoms with E-state index in [0.717, 1.165) is 89.9 Å². The predicted octanol–water partition coefficient (Wildman–Crippen LogP) is 18.6. The van der Waals surface area contributed by atoms with E-state index in [0.29, 0.717) is 0 Å². The SMILES string of the molecule is CCCCCCCCCCCC(=O)[O-].CCCCCCCCCCCC(=O)[O-].CCCCCCCCCCCC(=O)[O-].CCCCCCCCCCCC(=O)[O-].CCCCCCCCCCCC(=O)[O-].CCCCCCCCCCCC(=O)[O-].CCCCCCCCCCCC(=O)[O-].[Ce+3].[Zr+4]. The number of carbonyl (C=O) groups excluding carboxylic acids is 7. The second-order valence-electron chi connectivity index (χ2n) is 27.7. The summed E-state index contributed by atoms with van der Waals surface area (Å²) in [7, 11) is 0. The number of carboxylic acid groups (broad SMARTS) is 7. The molecule has 0 spiro atoms. The fourth-order valence-corrected chi connectivity index (χ4v) is 11.1. The van der Waals surface area contributed by atoms with Crippen LogP contribution in [0, 0.1) is 41.7 Å². The van der Waals surface area contributed by atoms with Crippen molar-refractivity contribution in [2.45, 2.75) is 498 Å².